The van der Waals surface area contributed by atoms with E-state index in [0.29, 0.717) is 72.7 Å². The van der Waals surface area contributed by atoms with Gasteiger partial charge in [-0.25, -0.2) is 0 Å². The van der Waals surface area contributed by atoms with Crippen LogP contribution in [0.4, 0.5) is 11.4 Å². The largest absolute Gasteiger partial charge is 0.507 e. The standard InChI is InChI=1S/C43H46ClN3O7/c1-3-11-30-38-31(46-41(54-37-17-8-9-18-53-37)33-20-26-12-4-5-13-27(26)23-47(33)42(38)50)22-35(40(30)51-2)52-19-10-16-36(49)43(24-44)25-45-32-21-34(48)28-14-6-7-15-29(28)39(32)43/h3-7,12-15,21-22,33,37,41,45-46,48H,1,8-11,16-20,23-25H2,2H3/t33-,37?,41?,43+/m0/s1. The molecule has 54 heavy (non-hydrogen) atoms. The predicted octanol–water partition coefficient (Wildman–Crippen LogP) is 7.47. The number of benzene rings is 4. The lowest BCUT2D eigenvalue weighted by Gasteiger charge is -2.40. The van der Waals surface area contributed by atoms with Crippen LogP contribution in [0.1, 0.15) is 64.7 Å². The number of rotatable bonds is 12. The van der Waals surface area contributed by atoms with Crippen LogP contribution in [0.2, 0.25) is 0 Å². The molecule has 10 nitrogen and oxygen atoms in total. The Hall–Kier alpha value is -4.77. The topological polar surface area (TPSA) is 119 Å². The molecule has 3 N–H and O–H groups in total. The Balaban J connectivity index is 1.07. The van der Waals surface area contributed by atoms with Crippen molar-refractivity contribution in [1.29, 1.82) is 0 Å². The van der Waals surface area contributed by atoms with Crippen LogP contribution < -0.4 is 20.1 Å². The summed E-state index contributed by atoms with van der Waals surface area (Å²) in [6.07, 6.45) is 5.27. The van der Waals surface area contributed by atoms with E-state index >= 15 is 0 Å². The van der Waals surface area contributed by atoms with Gasteiger partial charge >= 0.3 is 0 Å². The van der Waals surface area contributed by atoms with Crippen molar-refractivity contribution < 1.29 is 33.6 Å². The van der Waals surface area contributed by atoms with Gasteiger partial charge in [0.05, 0.1) is 36.4 Å². The highest BCUT2D eigenvalue weighted by Crippen LogP contribution is 2.47. The number of halogens is 1. The number of allylic oxidation sites excluding steroid dienone is 1. The first-order valence-corrected chi connectivity index (χ1v) is 19.4. The Morgan fingerprint density at radius 2 is 1.91 bits per heavy atom. The Kier molecular flexibility index (Phi) is 10.2. The average molecular weight is 752 g/mol. The van der Waals surface area contributed by atoms with Gasteiger partial charge in [0.15, 0.2) is 24.0 Å². The molecule has 4 aromatic carbocycles. The average Bonchev–Trinajstić information content (AvgIpc) is 3.54. The van der Waals surface area contributed by atoms with Crippen molar-refractivity contribution in [2.75, 3.05) is 43.4 Å². The van der Waals surface area contributed by atoms with Gasteiger partial charge in [0.25, 0.3) is 5.91 Å². The van der Waals surface area contributed by atoms with Gasteiger partial charge in [-0.1, -0.05) is 54.6 Å². The maximum Gasteiger partial charge on any atom is 0.257 e. The first-order chi connectivity index (χ1) is 26.4. The lowest BCUT2D eigenvalue weighted by atomic mass is 9.76. The second kappa shape index (κ2) is 15.2. The molecule has 4 aliphatic rings. The quantitative estimate of drug-likeness (QED) is 0.0770. The lowest BCUT2D eigenvalue weighted by Crippen LogP contribution is -2.53. The number of Topliss-reactive ketones (excluding diaryl/α,β-unsaturated/α-hetero) is 1. The molecule has 4 heterocycles. The summed E-state index contributed by atoms with van der Waals surface area (Å²) in [6, 6.07) is 19.0. The number of carbonyl (C=O) groups is 2. The number of hydrogen-bond donors (Lipinski definition) is 3. The predicted molar refractivity (Wildman–Crippen MR) is 209 cm³/mol. The number of ketones is 1. The monoisotopic (exact) mass is 751 g/mol. The molecule has 0 radical (unpaired) electrons. The second-order valence-corrected chi connectivity index (χ2v) is 14.8. The molecule has 2 unspecified atom stereocenters. The van der Waals surface area contributed by atoms with Crippen molar-refractivity contribution in [3.8, 4) is 17.2 Å². The lowest BCUT2D eigenvalue weighted by molar-refractivity contribution is -0.192. The number of nitrogens with zero attached hydrogens (tertiary/aromatic N) is 1. The number of carbonyl (C=O) groups excluding carboxylic acids is 2. The molecule has 0 bridgehead atoms. The molecule has 1 fully saturated rings. The number of phenolic OH excluding ortho intramolecular Hbond substituents is 1. The number of ether oxygens (including phenoxy) is 4. The zero-order valence-electron chi connectivity index (χ0n) is 30.5. The van der Waals surface area contributed by atoms with Crippen LogP contribution in [0.25, 0.3) is 10.8 Å². The van der Waals surface area contributed by atoms with Gasteiger partial charge in [0.2, 0.25) is 0 Å². The van der Waals surface area contributed by atoms with Gasteiger partial charge in [-0.05, 0) is 60.6 Å². The number of nitrogens with one attached hydrogen (secondary N) is 2. The molecule has 282 valence electrons. The second-order valence-electron chi connectivity index (χ2n) is 14.6. The maximum atomic E-state index is 14.7. The summed E-state index contributed by atoms with van der Waals surface area (Å²) in [7, 11) is 1.57. The zero-order valence-corrected chi connectivity index (χ0v) is 31.3. The molecule has 0 saturated carbocycles. The van der Waals surface area contributed by atoms with Crippen LogP contribution in [0.3, 0.4) is 0 Å². The van der Waals surface area contributed by atoms with Gasteiger partial charge in [0, 0.05) is 60.8 Å². The number of anilines is 2. The smallest absolute Gasteiger partial charge is 0.257 e. The van der Waals surface area contributed by atoms with Gasteiger partial charge in [-0.3, -0.25) is 9.59 Å². The fourth-order valence-electron chi connectivity index (χ4n) is 8.69. The van der Waals surface area contributed by atoms with Crippen LogP contribution in [0.5, 0.6) is 17.2 Å². The molecule has 4 aromatic rings. The van der Waals surface area contributed by atoms with E-state index in [4.69, 9.17) is 30.5 Å². The number of fused-ring (bicyclic) bond motifs is 6. The molecule has 0 aromatic heterocycles. The molecule has 8 rings (SSSR count). The van der Waals surface area contributed by atoms with Gasteiger partial charge < -0.3 is 39.6 Å². The molecule has 4 atom stereocenters. The Morgan fingerprint density at radius 1 is 1.11 bits per heavy atom. The summed E-state index contributed by atoms with van der Waals surface area (Å²) in [6.45, 7) is 5.66. The molecule has 0 spiro atoms. The van der Waals surface area contributed by atoms with E-state index in [1.807, 2.05) is 47.4 Å². The van der Waals surface area contributed by atoms with Crippen LogP contribution in [0.15, 0.2) is 73.3 Å². The molecule has 4 aliphatic heterocycles. The minimum absolute atomic E-state index is 0.000676. The number of hydrogen-bond acceptors (Lipinski definition) is 9. The molecule has 1 saturated heterocycles. The van der Waals surface area contributed by atoms with Crippen LogP contribution in [-0.2, 0) is 39.1 Å². The highest BCUT2D eigenvalue weighted by molar-refractivity contribution is 6.22. The van der Waals surface area contributed by atoms with E-state index in [1.54, 1.807) is 19.3 Å². The first kappa shape index (κ1) is 36.2. The fourth-order valence-corrected chi connectivity index (χ4v) is 9.07. The van der Waals surface area contributed by atoms with E-state index < -0.39 is 11.6 Å². The normalized spacial score (nSPS) is 22.9. The minimum atomic E-state index is -0.948. The Bertz CT molecular complexity index is 2100. The third-order valence-electron chi connectivity index (χ3n) is 11.4. The third-order valence-corrected chi connectivity index (χ3v) is 11.8. The minimum Gasteiger partial charge on any atom is -0.507 e. The molecule has 11 heteroatoms. The number of methoxy groups -OCH3 is 1. The van der Waals surface area contributed by atoms with Gasteiger partial charge in [-0.15, -0.1) is 18.2 Å². The van der Waals surface area contributed by atoms with E-state index in [1.165, 1.54) is 5.56 Å². The highest BCUT2D eigenvalue weighted by atomic mass is 35.5. The van der Waals surface area contributed by atoms with Crippen molar-refractivity contribution in [3.05, 3.63) is 101 Å². The third kappa shape index (κ3) is 6.33. The van der Waals surface area contributed by atoms with Crippen LogP contribution in [0, 0.1) is 0 Å². The first-order valence-electron chi connectivity index (χ1n) is 18.8. The van der Waals surface area contributed by atoms with Gasteiger partial charge in [0.1, 0.15) is 11.5 Å². The van der Waals surface area contributed by atoms with Crippen LogP contribution in [-0.4, -0.2) is 73.0 Å². The van der Waals surface area contributed by atoms with E-state index in [2.05, 4.69) is 29.3 Å². The number of aromatic hydroxyl groups is 1. The SMILES string of the molecule is C=CCc1c(OC)c(OCCCC(=O)[C@@]2(CCl)CNc3cc(O)c4ccccc4c32)cc2c1C(=O)N1Cc3ccccc3C[C@H]1C(OC1CCCCO1)N2. The molecule has 0 aliphatic carbocycles. The zero-order chi connectivity index (χ0) is 37.4. The summed E-state index contributed by atoms with van der Waals surface area (Å²) in [5.41, 5.74) is 4.67. The van der Waals surface area contributed by atoms with Crippen molar-refractivity contribution in [3.63, 3.8) is 0 Å². The Labute approximate surface area is 320 Å². The molecular formula is C43H46ClN3O7. The highest BCUT2D eigenvalue weighted by Gasteiger charge is 2.46. The number of amides is 1. The van der Waals surface area contributed by atoms with E-state index in [0.717, 1.165) is 41.5 Å². The molecule has 1 amide bonds. The van der Waals surface area contributed by atoms with Crippen molar-refractivity contribution in [2.45, 2.75) is 75.5 Å². The summed E-state index contributed by atoms with van der Waals surface area (Å²) < 4.78 is 25.1. The van der Waals surface area contributed by atoms with Crippen molar-refractivity contribution >= 4 is 45.4 Å². The summed E-state index contributed by atoms with van der Waals surface area (Å²) in [4.78, 5) is 30.7. The van der Waals surface area contributed by atoms with Crippen molar-refractivity contribution in [2.24, 2.45) is 0 Å². The maximum absolute atomic E-state index is 14.7. The van der Waals surface area contributed by atoms with E-state index in [-0.39, 0.29) is 48.7 Å². The summed E-state index contributed by atoms with van der Waals surface area (Å²) >= 11 is 6.63. The summed E-state index contributed by atoms with van der Waals surface area (Å²) in [5.74, 6) is 1.06. The molecular weight excluding hydrogens is 706 g/mol. The van der Waals surface area contributed by atoms with Gasteiger partial charge in [-0.2, -0.15) is 0 Å². The Morgan fingerprint density at radius 3 is 2.67 bits per heavy atom. The fraction of sp³-hybridized carbons (Fsp3) is 0.395. The number of alkyl halides is 1. The van der Waals surface area contributed by atoms with E-state index in [9.17, 15) is 14.7 Å². The number of phenols is 1. The van der Waals surface area contributed by atoms with Crippen molar-refractivity contribution in [1.82, 2.24) is 4.90 Å². The summed E-state index contributed by atoms with van der Waals surface area (Å²) in [5, 5.41) is 19.1. The van der Waals surface area contributed by atoms with Crippen LogP contribution >= 0.6 is 11.6 Å².